The van der Waals surface area contributed by atoms with Crippen molar-refractivity contribution in [1.82, 2.24) is 0 Å². The molecule has 0 saturated carbocycles. The minimum absolute atomic E-state index is 0. The van der Waals surface area contributed by atoms with E-state index >= 15 is 0 Å². The molecule has 0 radical (unpaired) electrons. The van der Waals surface area contributed by atoms with Gasteiger partial charge < -0.3 is 23.6 Å². The fourth-order valence-corrected chi connectivity index (χ4v) is 0. The Morgan fingerprint density at radius 1 is 1.31 bits per heavy atom. The molecule has 13 heavy (non-hydrogen) atoms. The topological polar surface area (TPSA) is 40.5 Å². The van der Waals surface area contributed by atoms with E-state index in [4.69, 9.17) is 9.79 Å². The molecule has 6 heteroatoms. The molecule has 0 aromatic carbocycles. The van der Waals surface area contributed by atoms with Gasteiger partial charge in [0.15, 0.2) is 0 Å². The smallest absolute Gasteiger partial charge is 0.239 e. The molecule has 0 heterocycles. The van der Waals surface area contributed by atoms with Crippen LogP contribution < -0.4 is 0 Å². The van der Waals surface area contributed by atoms with Crippen LogP contribution >= 0.6 is 17.9 Å². The van der Waals surface area contributed by atoms with Crippen LogP contribution in [0.2, 0.25) is 0 Å². The zero-order valence-corrected chi connectivity index (χ0v) is 13.9. The van der Waals surface area contributed by atoms with E-state index < -0.39 is 5.69 Å². The number of hydrogen-bond acceptors (Lipinski definition) is 1. The van der Waals surface area contributed by atoms with Gasteiger partial charge in [-0.2, -0.15) is 13.8 Å². The van der Waals surface area contributed by atoms with E-state index in [0.29, 0.717) is 0 Å². The summed E-state index contributed by atoms with van der Waals surface area (Å²) in [4.78, 5) is 15.7. The third kappa shape index (κ3) is 1230. The van der Waals surface area contributed by atoms with Crippen molar-refractivity contribution in [1.29, 1.82) is 0 Å². The summed E-state index contributed by atoms with van der Waals surface area (Å²) >= 11 is 7.07. The van der Waals surface area contributed by atoms with Crippen molar-refractivity contribution in [2.75, 3.05) is 0 Å². The molecule has 0 fully saturated rings. The van der Waals surface area contributed by atoms with Crippen molar-refractivity contribution in [3.63, 3.8) is 0 Å². The van der Waals surface area contributed by atoms with Gasteiger partial charge in [0.2, 0.25) is 5.69 Å². The van der Waals surface area contributed by atoms with Crippen LogP contribution in [-0.4, -0.2) is 9.79 Å². The van der Waals surface area contributed by atoms with E-state index in [1.165, 1.54) is 6.08 Å². The standard InChI is InChI=1S/C3H5.2C2H5.H3O2PS2.Zn/c1-3-2;2*1-2;1-3(2,4)5;/h3H,1-2H2;2*1H2,2H3;(H3,1,2,4,5);/q3*-1;;. The van der Waals surface area contributed by atoms with Crippen molar-refractivity contribution in [3.8, 4) is 0 Å². The molecule has 0 aliphatic heterocycles. The molecule has 0 aliphatic rings. The predicted molar refractivity (Wildman–Crippen MR) is 65.3 cm³/mol. The summed E-state index contributed by atoms with van der Waals surface area (Å²) in [6.45, 7) is 16.5. The van der Waals surface area contributed by atoms with E-state index in [1.807, 2.05) is 0 Å². The van der Waals surface area contributed by atoms with Gasteiger partial charge in [0, 0.05) is 19.5 Å². The van der Waals surface area contributed by atoms with Gasteiger partial charge in [0.25, 0.3) is 0 Å². The second-order valence-corrected chi connectivity index (χ2v) is 5.84. The van der Waals surface area contributed by atoms with Crippen molar-refractivity contribution in [2.45, 2.75) is 13.8 Å². The number of hydrogen-bond donors (Lipinski definition) is 3. The summed E-state index contributed by atoms with van der Waals surface area (Å²) in [6, 6.07) is 0. The van der Waals surface area contributed by atoms with Crippen molar-refractivity contribution in [2.24, 2.45) is 0 Å². The summed E-state index contributed by atoms with van der Waals surface area (Å²) in [5.74, 6) is 0. The molecule has 0 saturated heterocycles. The summed E-state index contributed by atoms with van der Waals surface area (Å²) in [5.41, 5.74) is -3.11. The quantitative estimate of drug-likeness (QED) is 0.278. The van der Waals surface area contributed by atoms with Crippen LogP contribution in [-0.2, 0) is 31.3 Å². The fraction of sp³-hybridized carbons (Fsp3) is 0.286. The first-order valence-electron chi connectivity index (χ1n) is 3.01. The second kappa shape index (κ2) is 29.2. The summed E-state index contributed by atoms with van der Waals surface area (Å²) in [7, 11) is 0. The van der Waals surface area contributed by atoms with E-state index in [1.54, 1.807) is 13.8 Å². The Hall–Kier alpha value is 1.15. The average molecular weight is 295 g/mol. The third-order valence-corrected chi connectivity index (χ3v) is 0. The predicted octanol–water partition coefficient (Wildman–Crippen LogP) is 2.81. The molecule has 0 aliphatic carbocycles. The summed E-state index contributed by atoms with van der Waals surface area (Å²) in [6.07, 6.45) is 1.50. The molecule has 80 valence electrons. The molecular weight excluding hydrogens is 277 g/mol. The first kappa shape index (κ1) is 29.2. The molecule has 0 aromatic heterocycles. The van der Waals surface area contributed by atoms with Gasteiger partial charge in [0.1, 0.15) is 0 Å². The SMILES string of the molecule is C=C[CH2-].OP(O)(=S)S.[CH2-]C.[CH2-]C.[Zn]. The van der Waals surface area contributed by atoms with Crippen LogP contribution in [0.25, 0.3) is 0 Å². The largest absolute Gasteiger partial charge is 0.346 e. The Balaban J connectivity index is -0.0000000235. The Morgan fingerprint density at radius 3 is 1.31 bits per heavy atom. The molecule has 0 aromatic rings. The number of rotatable bonds is 0. The molecule has 0 spiro atoms. The van der Waals surface area contributed by atoms with Gasteiger partial charge in [-0.15, -0.1) is 0 Å². The fourth-order valence-electron chi connectivity index (χ4n) is 0. The Kier molecular flexibility index (Phi) is 65.7. The third-order valence-electron chi connectivity index (χ3n) is 0. The van der Waals surface area contributed by atoms with E-state index in [9.17, 15) is 0 Å². The normalized spacial score (nSPS) is 6.38. The minimum atomic E-state index is -3.11. The summed E-state index contributed by atoms with van der Waals surface area (Å²) < 4.78 is 0. The Morgan fingerprint density at radius 2 is 1.31 bits per heavy atom. The maximum Gasteiger partial charge on any atom is 0.239 e. The molecule has 0 atom stereocenters. The van der Waals surface area contributed by atoms with Crippen LogP contribution in [0.4, 0.5) is 0 Å². The van der Waals surface area contributed by atoms with Gasteiger partial charge >= 0.3 is 0 Å². The molecule has 0 rings (SSSR count). The van der Waals surface area contributed by atoms with Crippen LogP contribution in [0.1, 0.15) is 13.8 Å². The first-order chi connectivity index (χ1) is 5.41. The Labute approximate surface area is 106 Å². The monoisotopic (exact) mass is 293 g/mol. The maximum atomic E-state index is 7.87. The zero-order chi connectivity index (χ0) is 11.2. The molecule has 2 N–H and O–H groups in total. The molecule has 0 unspecified atom stereocenters. The van der Waals surface area contributed by atoms with E-state index in [0.717, 1.165) is 0 Å². The maximum absolute atomic E-state index is 7.87. The summed E-state index contributed by atoms with van der Waals surface area (Å²) in [5, 5.41) is 0. The van der Waals surface area contributed by atoms with E-state index in [2.05, 4.69) is 51.4 Å². The number of thiol groups is 1. The molecular formula is C7H18O2PS2Zn-3. The molecule has 0 bridgehead atoms. The van der Waals surface area contributed by atoms with Crippen molar-refractivity contribution >= 4 is 29.7 Å². The van der Waals surface area contributed by atoms with Crippen molar-refractivity contribution < 1.29 is 29.3 Å². The average Bonchev–Trinajstić information content (AvgIpc) is 1.93. The Bertz CT molecular complexity index is 98.4. The van der Waals surface area contributed by atoms with Crippen LogP contribution in [0.15, 0.2) is 12.7 Å². The van der Waals surface area contributed by atoms with E-state index in [-0.39, 0.29) is 19.5 Å². The van der Waals surface area contributed by atoms with Crippen LogP contribution in [0.3, 0.4) is 0 Å². The number of allylic oxidation sites excluding steroid dienone is 1. The van der Waals surface area contributed by atoms with Gasteiger partial charge in [-0.05, 0) is 11.8 Å². The van der Waals surface area contributed by atoms with Crippen LogP contribution in [0, 0.1) is 20.8 Å². The minimum Gasteiger partial charge on any atom is -0.346 e. The van der Waals surface area contributed by atoms with Gasteiger partial charge in [-0.3, -0.25) is 0 Å². The zero-order valence-electron chi connectivity index (χ0n) is 8.31. The first-order valence-corrected chi connectivity index (χ1v) is 6.87. The van der Waals surface area contributed by atoms with Gasteiger partial charge in [-0.1, -0.05) is 12.2 Å². The van der Waals surface area contributed by atoms with Gasteiger partial charge in [0.05, 0.1) is 0 Å². The van der Waals surface area contributed by atoms with Crippen LogP contribution in [0.5, 0.6) is 0 Å². The van der Waals surface area contributed by atoms with Gasteiger partial charge in [-0.25, -0.2) is 19.6 Å². The van der Waals surface area contributed by atoms with Crippen molar-refractivity contribution in [3.05, 3.63) is 33.4 Å². The molecule has 0 amide bonds. The second-order valence-electron chi connectivity index (χ2n) is 0.802. The molecule has 2 nitrogen and oxygen atoms in total.